The van der Waals surface area contributed by atoms with Crippen molar-refractivity contribution in [3.05, 3.63) is 65.2 Å². The third kappa shape index (κ3) is 2.26. The molecule has 4 rings (SSSR count). The van der Waals surface area contributed by atoms with Crippen molar-refractivity contribution in [1.82, 2.24) is 15.2 Å². The number of benzene rings is 2. The highest BCUT2D eigenvalue weighted by molar-refractivity contribution is 6.13. The van der Waals surface area contributed by atoms with E-state index in [2.05, 4.69) is 48.9 Å². The molecule has 0 saturated heterocycles. The van der Waals surface area contributed by atoms with Crippen molar-refractivity contribution in [2.45, 2.75) is 38.6 Å². The van der Waals surface area contributed by atoms with Gasteiger partial charge in [-0.25, -0.2) is 9.37 Å². The van der Waals surface area contributed by atoms with E-state index in [9.17, 15) is 4.39 Å². The summed E-state index contributed by atoms with van der Waals surface area (Å²) < 4.78 is 13.9. The first-order valence-corrected chi connectivity index (χ1v) is 8.30. The van der Waals surface area contributed by atoms with Crippen LogP contribution in [0.15, 0.2) is 47.5 Å². The van der Waals surface area contributed by atoms with E-state index in [1.54, 1.807) is 12.1 Å². The van der Waals surface area contributed by atoms with Gasteiger partial charge in [-0.15, -0.1) is 10.2 Å². The second kappa shape index (κ2) is 5.15. The smallest absolute Gasteiger partial charge is 0.201 e. The van der Waals surface area contributed by atoms with E-state index in [4.69, 9.17) is 4.99 Å². The molecule has 126 valence electrons. The summed E-state index contributed by atoms with van der Waals surface area (Å²) in [6.45, 7) is 8.61. The van der Waals surface area contributed by atoms with Crippen LogP contribution < -0.4 is 0 Å². The summed E-state index contributed by atoms with van der Waals surface area (Å²) >= 11 is 0. The quantitative estimate of drug-likeness (QED) is 0.674. The third-order valence-electron chi connectivity index (χ3n) is 5.42. The van der Waals surface area contributed by atoms with Gasteiger partial charge in [0.15, 0.2) is 5.82 Å². The lowest BCUT2D eigenvalue weighted by Crippen LogP contribution is -2.46. The fraction of sp³-hybridized carbons (Fsp3) is 0.300. The second-order valence-electron chi connectivity index (χ2n) is 7.43. The van der Waals surface area contributed by atoms with E-state index in [-0.39, 0.29) is 16.5 Å². The first kappa shape index (κ1) is 15.8. The van der Waals surface area contributed by atoms with Gasteiger partial charge in [0.25, 0.3) is 0 Å². The van der Waals surface area contributed by atoms with Crippen LogP contribution in [0, 0.1) is 5.82 Å². The van der Waals surface area contributed by atoms with E-state index in [0.29, 0.717) is 17.1 Å². The SMILES string of the molecule is CC1(C)N=C(c2nnc3c(F)cccc3n2)c2ccccc2C1(C)C. The summed E-state index contributed by atoms with van der Waals surface area (Å²) in [7, 11) is 0. The van der Waals surface area contributed by atoms with E-state index >= 15 is 0 Å². The maximum Gasteiger partial charge on any atom is 0.201 e. The Morgan fingerprint density at radius 1 is 0.880 bits per heavy atom. The van der Waals surface area contributed by atoms with Gasteiger partial charge in [-0.1, -0.05) is 44.2 Å². The van der Waals surface area contributed by atoms with E-state index in [0.717, 1.165) is 5.56 Å². The first-order chi connectivity index (χ1) is 11.8. The van der Waals surface area contributed by atoms with Crippen LogP contribution in [0.25, 0.3) is 11.0 Å². The van der Waals surface area contributed by atoms with Crippen molar-refractivity contribution in [2.75, 3.05) is 0 Å². The molecule has 0 saturated carbocycles. The third-order valence-corrected chi connectivity index (χ3v) is 5.42. The van der Waals surface area contributed by atoms with Crippen molar-refractivity contribution >= 4 is 16.7 Å². The zero-order chi connectivity index (χ0) is 17.8. The number of fused-ring (bicyclic) bond motifs is 2. The molecule has 0 radical (unpaired) electrons. The van der Waals surface area contributed by atoms with Gasteiger partial charge in [0.1, 0.15) is 11.2 Å². The molecule has 0 bridgehead atoms. The molecule has 0 unspecified atom stereocenters. The van der Waals surface area contributed by atoms with Crippen LogP contribution in [0.5, 0.6) is 0 Å². The summed E-state index contributed by atoms with van der Waals surface area (Å²) in [5.74, 6) is 0.00520. The Hall–Kier alpha value is -2.69. The number of aliphatic imine (C=N–C) groups is 1. The van der Waals surface area contributed by atoms with Crippen LogP contribution in [0.2, 0.25) is 0 Å². The normalized spacial score (nSPS) is 17.9. The molecule has 2 heterocycles. The Morgan fingerprint density at radius 3 is 2.44 bits per heavy atom. The molecule has 1 aliphatic heterocycles. The summed E-state index contributed by atoms with van der Waals surface area (Å²) in [6.07, 6.45) is 0. The fourth-order valence-electron chi connectivity index (χ4n) is 3.24. The standard InChI is InChI=1S/C20H19FN4/c1-19(2)13-9-6-5-8-12(13)16(23-20(19,3)4)18-22-15-11-7-10-14(21)17(15)24-25-18/h5-11H,1-4H3. The van der Waals surface area contributed by atoms with Crippen molar-refractivity contribution in [3.8, 4) is 0 Å². The number of hydrogen-bond acceptors (Lipinski definition) is 4. The molecule has 4 nitrogen and oxygen atoms in total. The molecule has 0 fully saturated rings. The Labute approximate surface area is 145 Å². The van der Waals surface area contributed by atoms with Gasteiger partial charge >= 0.3 is 0 Å². The Morgan fingerprint density at radius 2 is 1.64 bits per heavy atom. The number of hydrogen-bond donors (Lipinski definition) is 0. The number of rotatable bonds is 1. The minimum absolute atomic E-state index is 0.135. The Bertz CT molecular complexity index is 1020. The number of nitrogens with zero attached hydrogens (tertiary/aromatic N) is 4. The molecule has 0 spiro atoms. The van der Waals surface area contributed by atoms with Crippen LogP contribution in [0.4, 0.5) is 4.39 Å². The fourth-order valence-corrected chi connectivity index (χ4v) is 3.24. The minimum atomic E-state index is -0.420. The molecule has 0 aliphatic carbocycles. The summed E-state index contributed by atoms with van der Waals surface area (Å²) in [6, 6.07) is 12.9. The van der Waals surface area contributed by atoms with E-state index < -0.39 is 5.82 Å². The molecule has 0 amide bonds. The van der Waals surface area contributed by atoms with Gasteiger partial charge in [-0.3, -0.25) is 4.99 Å². The van der Waals surface area contributed by atoms with Crippen LogP contribution in [0.3, 0.4) is 0 Å². The molecule has 0 N–H and O–H groups in total. The van der Waals surface area contributed by atoms with Gasteiger partial charge < -0.3 is 0 Å². The Kier molecular flexibility index (Phi) is 3.26. The minimum Gasteiger partial charge on any atom is -0.274 e. The monoisotopic (exact) mass is 334 g/mol. The topological polar surface area (TPSA) is 51.0 Å². The van der Waals surface area contributed by atoms with Gasteiger partial charge in [-0.05, 0) is 31.5 Å². The molecule has 5 heteroatoms. The predicted octanol–water partition coefficient (Wildman–Crippen LogP) is 4.07. The summed E-state index contributed by atoms with van der Waals surface area (Å²) in [5.41, 5.74) is 3.10. The second-order valence-corrected chi connectivity index (χ2v) is 7.43. The lowest BCUT2D eigenvalue weighted by Gasteiger charge is -2.44. The highest BCUT2D eigenvalue weighted by atomic mass is 19.1. The van der Waals surface area contributed by atoms with Crippen LogP contribution in [0.1, 0.15) is 44.6 Å². The maximum atomic E-state index is 13.9. The van der Waals surface area contributed by atoms with Gasteiger partial charge in [0.2, 0.25) is 5.82 Å². The lowest BCUT2D eigenvalue weighted by molar-refractivity contribution is 0.303. The largest absolute Gasteiger partial charge is 0.274 e. The molecular weight excluding hydrogens is 315 g/mol. The van der Waals surface area contributed by atoms with Gasteiger partial charge in [-0.2, -0.15) is 0 Å². The van der Waals surface area contributed by atoms with Crippen molar-refractivity contribution < 1.29 is 4.39 Å². The lowest BCUT2D eigenvalue weighted by atomic mass is 9.66. The summed E-state index contributed by atoms with van der Waals surface area (Å²) in [5, 5.41) is 8.22. The van der Waals surface area contributed by atoms with E-state index in [1.807, 2.05) is 18.2 Å². The molecular formula is C20H19FN4. The zero-order valence-electron chi connectivity index (χ0n) is 14.7. The molecule has 0 atom stereocenters. The zero-order valence-corrected chi connectivity index (χ0v) is 14.7. The van der Waals surface area contributed by atoms with Gasteiger partial charge in [0.05, 0.1) is 11.1 Å². The van der Waals surface area contributed by atoms with Crippen LogP contribution in [-0.2, 0) is 5.41 Å². The first-order valence-electron chi connectivity index (χ1n) is 8.30. The average molecular weight is 334 g/mol. The van der Waals surface area contributed by atoms with Crippen LogP contribution in [-0.4, -0.2) is 26.4 Å². The molecule has 2 aromatic carbocycles. The Balaban J connectivity index is 1.97. The van der Waals surface area contributed by atoms with Crippen LogP contribution >= 0.6 is 0 Å². The maximum absolute atomic E-state index is 13.9. The number of aromatic nitrogens is 3. The molecule has 1 aromatic heterocycles. The molecule has 1 aliphatic rings. The van der Waals surface area contributed by atoms with E-state index in [1.165, 1.54) is 11.6 Å². The molecule has 3 aromatic rings. The molecule has 25 heavy (non-hydrogen) atoms. The summed E-state index contributed by atoms with van der Waals surface area (Å²) in [4.78, 5) is 9.49. The highest BCUT2D eigenvalue weighted by Gasteiger charge is 2.44. The van der Waals surface area contributed by atoms with Gasteiger partial charge in [0, 0.05) is 11.0 Å². The van der Waals surface area contributed by atoms with Crippen molar-refractivity contribution in [1.29, 1.82) is 0 Å². The van der Waals surface area contributed by atoms with Crippen molar-refractivity contribution in [2.24, 2.45) is 4.99 Å². The predicted molar refractivity (Wildman–Crippen MR) is 96.5 cm³/mol. The average Bonchev–Trinajstić information content (AvgIpc) is 2.58. The van der Waals surface area contributed by atoms with Crippen molar-refractivity contribution in [3.63, 3.8) is 0 Å². The number of halogens is 1. The highest BCUT2D eigenvalue weighted by Crippen LogP contribution is 2.43.